The van der Waals surface area contributed by atoms with Crippen molar-refractivity contribution >= 4 is 5.69 Å². The zero-order valence-electron chi connectivity index (χ0n) is 9.21. The molecule has 0 aliphatic carbocycles. The summed E-state index contributed by atoms with van der Waals surface area (Å²) in [5.74, 6) is 0. The van der Waals surface area contributed by atoms with Crippen molar-refractivity contribution in [1.82, 2.24) is 0 Å². The topological polar surface area (TPSA) is 3.24 Å². The number of hydrogen-bond acceptors (Lipinski definition) is 1. The monoisotopic (exact) mass is 189 g/mol. The number of aryl methyl sites for hydroxylation is 2. The third kappa shape index (κ3) is 1.92. The molecule has 0 bridgehead atoms. The summed E-state index contributed by atoms with van der Waals surface area (Å²) in [6, 6.07) is 6.81. The molecule has 1 heterocycles. The Kier molecular flexibility index (Phi) is 2.76. The Bertz CT molecular complexity index is 311. The van der Waals surface area contributed by atoms with Gasteiger partial charge in [-0.3, -0.25) is 0 Å². The van der Waals surface area contributed by atoms with Crippen LogP contribution in [0.1, 0.15) is 30.4 Å². The van der Waals surface area contributed by atoms with Crippen molar-refractivity contribution in [3.63, 3.8) is 0 Å². The van der Waals surface area contributed by atoms with Crippen LogP contribution in [0.4, 0.5) is 5.69 Å². The lowest BCUT2D eigenvalue weighted by Crippen LogP contribution is -2.29. The number of rotatable bonds is 1. The Hall–Kier alpha value is -0.980. The highest BCUT2D eigenvalue weighted by Gasteiger charge is 2.10. The third-order valence-corrected chi connectivity index (χ3v) is 3.21. The highest BCUT2D eigenvalue weighted by molar-refractivity contribution is 5.50. The summed E-state index contributed by atoms with van der Waals surface area (Å²) in [6.45, 7) is 6.85. The summed E-state index contributed by atoms with van der Waals surface area (Å²) in [4.78, 5) is 2.51. The zero-order valence-corrected chi connectivity index (χ0v) is 9.21. The van der Waals surface area contributed by atoms with E-state index in [-0.39, 0.29) is 0 Å². The fourth-order valence-electron chi connectivity index (χ4n) is 2.07. The zero-order chi connectivity index (χ0) is 9.97. The van der Waals surface area contributed by atoms with E-state index in [1.54, 1.807) is 0 Å². The highest BCUT2D eigenvalue weighted by atomic mass is 15.1. The molecule has 1 nitrogen and oxygen atoms in total. The van der Waals surface area contributed by atoms with Crippen LogP contribution < -0.4 is 4.90 Å². The fraction of sp³-hybridized carbons (Fsp3) is 0.538. The summed E-state index contributed by atoms with van der Waals surface area (Å²) >= 11 is 0. The SMILES string of the molecule is Cc1ccc(N2CCCCC2)cc1C. The first-order valence-corrected chi connectivity index (χ1v) is 5.59. The molecule has 1 aliphatic heterocycles. The lowest BCUT2D eigenvalue weighted by molar-refractivity contribution is 0.578. The van der Waals surface area contributed by atoms with Crippen LogP contribution in [0, 0.1) is 13.8 Å². The van der Waals surface area contributed by atoms with E-state index in [2.05, 4.69) is 36.9 Å². The molecule has 0 atom stereocenters. The summed E-state index contributed by atoms with van der Waals surface area (Å²) in [6.07, 6.45) is 4.11. The Morgan fingerprint density at radius 3 is 2.29 bits per heavy atom. The average molecular weight is 189 g/mol. The summed E-state index contributed by atoms with van der Waals surface area (Å²) in [5, 5.41) is 0. The number of hydrogen-bond donors (Lipinski definition) is 0. The van der Waals surface area contributed by atoms with E-state index in [4.69, 9.17) is 0 Å². The van der Waals surface area contributed by atoms with Crippen molar-refractivity contribution in [2.75, 3.05) is 18.0 Å². The van der Waals surface area contributed by atoms with E-state index in [1.165, 1.54) is 49.2 Å². The minimum Gasteiger partial charge on any atom is -0.372 e. The molecule has 1 heteroatoms. The largest absolute Gasteiger partial charge is 0.372 e. The molecule has 0 aromatic heterocycles. The third-order valence-electron chi connectivity index (χ3n) is 3.21. The second kappa shape index (κ2) is 4.04. The van der Waals surface area contributed by atoms with Gasteiger partial charge in [0.1, 0.15) is 0 Å². The maximum absolute atomic E-state index is 2.51. The molecule has 0 spiro atoms. The van der Waals surface area contributed by atoms with Crippen molar-refractivity contribution < 1.29 is 0 Å². The molecule has 0 unspecified atom stereocenters. The van der Waals surface area contributed by atoms with Crippen molar-refractivity contribution in [2.45, 2.75) is 33.1 Å². The van der Waals surface area contributed by atoms with Gasteiger partial charge in [-0.1, -0.05) is 6.07 Å². The van der Waals surface area contributed by atoms with Crippen molar-refractivity contribution in [1.29, 1.82) is 0 Å². The number of piperidine rings is 1. The first kappa shape index (κ1) is 9.57. The molecule has 2 rings (SSSR count). The van der Waals surface area contributed by atoms with Crippen molar-refractivity contribution in [3.05, 3.63) is 29.3 Å². The van der Waals surface area contributed by atoms with Gasteiger partial charge in [0.15, 0.2) is 0 Å². The molecule has 0 N–H and O–H groups in total. The second-order valence-electron chi connectivity index (χ2n) is 4.32. The quantitative estimate of drug-likeness (QED) is 0.655. The molecule has 1 aliphatic rings. The smallest absolute Gasteiger partial charge is 0.0369 e. The molecule has 1 aromatic rings. The van der Waals surface area contributed by atoms with E-state index in [0.717, 1.165) is 0 Å². The minimum absolute atomic E-state index is 1.24. The molecule has 0 saturated carbocycles. The molecule has 0 amide bonds. The van der Waals surface area contributed by atoms with Gasteiger partial charge in [0.25, 0.3) is 0 Å². The van der Waals surface area contributed by atoms with Gasteiger partial charge >= 0.3 is 0 Å². The van der Waals surface area contributed by atoms with Gasteiger partial charge in [0.2, 0.25) is 0 Å². The fourth-order valence-corrected chi connectivity index (χ4v) is 2.07. The van der Waals surface area contributed by atoms with Crippen LogP contribution in [-0.2, 0) is 0 Å². The van der Waals surface area contributed by atoms with Crippen molar-refractivity contribution in [3.8, 4) is 0 Å². The average Bonchev–Trinajstić information content (AvgIpc) is 2.23. The molecule has 1 fully saturated rings. The van der Waals surface area contributed by atoms with Crippen LogP contribution in [0.25, 0.3) is 0 Å². The predicted molar refractivity (Wildman–Crippen MR) is 62.0 cm³/mol. The molecule has 76 valence electrons. The first-order chi connectivity index (χ1) is 6.77. The minimum atomic E-state index is 1.24. The van der Waals surface area contributed by atoms with E-state index >= 15 is 0 Å². The Morgan fingerprint density at radius 2 is 1.64 bits per heavy atom. The summed E-state index contributed by atoms with van der Waals surface area (Å²) < 4.78 is 0. The number of benzene rings is 1. The van der Waals surface area contributed by atoms with Gasteiger partial charge < -0.3 is 4.90 Å². The Balaban J connectivity index is 2.18. The molecular weight excluding hydrogens is 170 g/mol. The summed E-state index contributed by atoms with van der Waals surface area (Å²) in [5.41, 5.74) is 4.21. The van der Waals surface area contributed by atoms with Crippen LogP contribution in [-0.4, -0.2) is 13.1 Å². The molecule has 0 radical (unpaired) electrons. The van der Waals surface area contributed by atoms with E-state index in [0.29, 0.717) is 0 Å². The van der Waals surface area contributed by atoms with Gasteiger partial charge in [-0.05, 0) is 56.4 Å². The maximum atomic E-state index is 2.51. The summed E-state index contributed by atoms with van der Waals surface area (Å²) in [7, 11) is 0. The van der Waals surface area contributed by atoms with Crippen LogP contribution >= 0.6 is 0 Å². The Labute approximate surface area is 86.7 Å². The molecule has 14 heavy (non-hydrogen) atoms. The number of nitrogens with zero attached hydrogens (tertiary/aromatic N) is 1. The Morgan fingerprint density at radius 1 is 0.929 bits per heavy atom. The molecule has 1 aromatic carbocycles. The van der Waals surface area contributed by atoms with Gasteiger partial charge in [-0.25, -0.2) is 0 Å². The maximum Gasteiger partial charge on any atom is 0.0369 e. The highest BCUT2D eigenvalue weighted by Crippen LogP contribution is 2.22. The van der Waals surface area contributed by atoms with Crippen molar-refractivity contribution in [2.24, 2.45) is 0 Å². The molecular formula is C13H19N. The normalized spacial score (nSPS) is 17.1. The van der Waals surface area contributed by atoms with Gasteiger partial charge in [-0.2, -0.15) is 0 Å². The van der Waals surface area contributed by atoms with E-state index < -0.39 is 0 Å². The molecule has 1 saturated heterocycles. The van der Waals surface area contributed by atoms with Crippen LogP contribution in [0.15, 0.2) is 18.2 Å². The van der Waals surface area contributed by atoms with Gasteiger partial charge in [-0.15, -0.1) is 0 Å². The van der Waals surface area contributed by atoms with Crippen LogP contribution in [0.5, 0.6) is 0 Å². The van der Waals surface area contributed by atoms with Crippen LogP contribution in [0.3, 0.4) is 0 Å². The van der Waals surface area contributed by atoms with Crippen LogP contribution in [0.2, 0.25) is 0 Å². The lowest BCUT2D eigenvalue weighted by Gasteiger charge is -2.29. The second-order valence-corrected chi connectivity index (χ2v) is 4.32. The number of anilines is 1. The van der Waals surface area contributed by atoms with Gasteiger partial charge in [0, 0.05) is 18.8 Å². The first-order valence-electron chi connectivity index (χ1n) is 5.59. The lowest BCUT2D eigenvalue weighted by atomic mass is 10.1. The van der Waals surface area contributed by atoms with Gasteiger partial charge in [0.05, 0.1) is 0 Å². The van der Waals surface area contributed by atoms with E-state index in [1.807, 2.05) is 0 Å². The van der Waals surface area contributed by atoms with E-state index in [9.17, 15) is 0 Å². The standard InChI is InChI=1S/C13H19N/c1-11-6-7-13(10-12(11)2)14-8-4-3-5-9-14/h6-7,10H,3-5,8-9H2,1-2H3. The predicted octanol–water partition coefficient (Wildman–Crippen LogP) is 3.29.